The molecule has 6 nitrogen and oxygen atoms in total. The van der Waals surface area contributed by atoms with Crippen LogP contribution in [0.5, 0.6) is 5.75 Å². The minimum absolute atomic E-state index is 0.147. The number of carboxylic acid groups (broad SMARTS) is 1. The molecule has 7 heteroatoms. The van der Waals surface area contributed by atoms with E-state index in [2.05, 4.69) is 4.98 Å². The van der Waals surface area contributed by atoms with Crippen LogP contribution in [0.1, 0.15) is 16.1 Å². The van der Waals surface area contributed by atoms with E-state index in [0.29, 0.717) is 17.8 Å². The van der Waals surface area contributed by atoms with Crippen molar-refractivity contribution in [2.45, 2.75) is 6.42 Å². The molecule has 3 rings (SSSR count). The fraction of sp³-hybridized carbons (Fsp3) is 0.312. The lowest BCUT2D eigenvalue weighted by molar-refractivity contribution is -0.141. The van der Waals surface area contributed by atoms with Crippen molar-refractivity contribution in [3.63, 3.8) is 0 Å². The first-order valence-corrected chi connectivity index (χ1v) is 8.02. The monoisotopic (exact) mass is 332 g/mol. The predicted octanol–water partition coefficient (Wildman–Crippen LogP) is 2.37. The average molecular weight is 332 g/mol. The van der Waals surface area contributed by atoms with Gasteiger partial charge in [-0.2, -0.15) is 0 Å². The highest BCUT2D eigenvalue weighted by molar-refractivity contribution is 7.16. The Kier molecular flexibility index (Phi) is 4.29. The van der Waals surface area contributed by atoms with Gasteiger partial charge in [0.05, 0.1) is 19.2 Å². The highest BCUT2D eigenvalue weighted by atomic mass is 32.1. The summed E-state index contributed by atoms with van der Waals surface area (Å²) in [6.07, 6.45) is 2.06. The zero-order valence-corrected chi connectivity index (χ0v) is 13.4. The normalized spacial score (nSPS) is 17.3. The fourth-order valence-corrected chi connectivity index (χ4v) is 3.43. The topological polar surface area (TPSA) is 79.7 Å². The van der Waals surface area contributed by atoms with Crippen LogP contribution >= 0.6 is 11.3 Å². The van der Waals surface area contributed by atoms with Crippen LogP contribution in [0.25, 0.3) is 10.6 Å². The molecule has 23 heavy (non-hydrogen) atoms. The average Bonchev–Trinajstić information content (AvgIpc) is 3.24. The third kappa shape index (κ3) is 3.19. The summed E-state index contributed by atoms with van der Waals surface area (Å²) in [5.41, 5.74) is 0.916. The van der Waals surface area contributed by atoms with Crippen LogP contribution in [0.3, 0.4) is 0 Å². The van der Waals surface area contributed by atoms with E-state index in [0.717, 1.165) is 16.3 Å². The molecule has 0 bridgehead atoms. The van der Waals surface area contributed by atoms with Crippen molar-refractivity contribution in [2.75, 3.05) is 20.2 Å². The SMILES string of the molecule is COc1ccc(-c2ncc(C(=O)N3CC[C@H](C(=O)O)C3)s2)cc1. The number of aromatic nitrogens is 1. The maximum absolute atomic E-state index is 12.4. The third-order valence-electron chi connectivity index (χ3n) is 3.88. The minimum Gasteiger partial charge on any atom is -0.497 e. The van der Waals surface area contributed by atoms with Crippen molar-refractivity contribution in [3.8, 4) is 16.3 Å². The van der Waals surface area contributed by atoms with Crippen molar-refractivity contribution < 1.29 is 19.4 Å². The van der Waals surface area contributed by atoms with E-state index in [1.165, 1.54) is 11.3 Å². The number of thiazole rings is 1. The molecule has 1 N–H and O–H groups in total. The minimum atomic E-state index is -0.844. The molecule has 0 spiro atoms. The molecule has 1 amide bonds. The molecule has 1 aromatic heterocycles. The van der Waals surface area contributed by atoms with E-state index in [1.807, 2.05) is 24.3 Å². The second-order valence-corrected chi connectivity index (χ2v) is 6.36. The van der Waals surface area contributed by atoms with Crippen LogP contribution in [-0.4, -0.2) is 47.1 Å². The number of carbonyl (C=O) groups excluding carboxylic acids is 1. The Bertz CT molecular complexity index is 726. The lowest BCUT2D eigenvalue weighted by Crippen LogP contribution is -2.29. The van der Waals surface area contributed by atoms with Crippen LogP contribution in [0, 0.1) is 5.92 Å². The first-order chi connectivity index (χ1) is 11.1. The summed E-state index contributed by atoms with van der Waals surface area (Å²) in [6.45, 7) is 0.746. The van der Waals surface area contributed by atoms with Gasteiger partial charge in [0.2, 0.25) is 0 Å². The molecule has 0 saturated carbocycles. The van der Waals surface area contributed by atoms with Gasteiger partial charge in [-0.05, 0) is 30.7 Å². The Labute approximate surface area is 137 Å². The maximum atomic E-state index is 12.4. The first-order valence-electron chi connectivity index (χ1n) is 7.21. The number of hydrogen-bond donors (Lipinski definition) is 1. The highest BCUT2D eigenvalue weighted by Crippen LogP contribution is 2.28. The molecule has 2 heterocycles. The molecular formula is C16H16N2O4S. The van der Waals surface area contributed by atoms with Gasteiger partial charge >= 0.3 is 5.97 Å². The zero-order valence-electron chi connectivity index (χ0n) is 12.6. The number of amides is 1. The second kappa shape index (κ2) is 6.37. The molecule has 1 aliphatic heterocycles. The summed E-state index contributed by atoms with van der Waals surface area (Å²) in [5.74, 6) is -0.694. The number of methoxy groups -OCH3 is 1. The van der Waals surface area contributed by atoms with Gasteiger partial charge in [-0.15, -0.1) is 11.3 Å². The molecular weight excluding hydrogens is 316 g/mol. The van der Waals surface area contributed by atoms with E-state index in [4.69, 9.17) is 9.84 Å². The van der Waals surface area contributed by atoms with Gasteiger partial charge in [-0.1, -0.05) is 0 Å². The molecule has 1 atom stereocenters. The lowest BCUT2D eigenvalue weighted by atomic mass is 10.1. The van der Waals surface area contributed by atoms with Gasteiger partial charge in [-0.3, -0.25) is 9.59 Å². The van der Waals surface area contributed by atoms with Crippen molar-refractivity contribution in [2.24, 2.45) is 5.92 Å². The van der Waals surface area contributed by atoms with E-state index in [9.17, 15) is 9.59 Å². The fourth-order valence-electron chi connectivity index (χ4n) is 2.54. The van der Waals surface area contributed by atoms with Crippen molar-refractivity contribution >= 4 is 23.2 Å². The Balaban J connectivity index is 1.73. The van der Waals surface area contributed by atoms with Crippen molar-refractivity contribution in [1.29, 1.82) is 0 Å². The van der Waals surface area contributed by atoms with Crippen LogP contribution < -0.4 is 4.74 Å². The van der Waals surface area contributed by atoms with E-state index < -0.39 is 11.9 Å². The summed E-state index contributed by atoms with van der Waals surface area (Å²) in [7, 11) is 1.61. The van der Waals surface area contributed by atoms with E-state index in [-0.39, 0.29) is 12.5 Å². The number of nitrogens with zero attached hydrogens (tertiary/aromatic N) is 2. The highest BCUT2D eigenvalue weighted by Gasteiger charge is 2.32. The predicted molar refractivity (Wildman–Crippen MR) is 85.7 cm³/mol. The summed E-state index contributed by atoms with van der Waals surface area (Å²) in [6, 6.07) is 7.47. The Morgan fingerprint density at radius 2 is 2.09 bits per heavy atom. The van der Waals surface area contributed by atoms with Gasteiger partial charge in [0.15, 0.2) is 0 Å². The maximum Gasteiger partial charge on any atom is 0.308 e. The first kappa shape index (κ1) is 15.5. The smallest absolute Gasteiger partial charge is 0.308 e. The second-order valence-electron chi connectivity index (χ2n) is 5.33. The molecule has 0 radical (unpaired) electrons. The zero-order chi connectivity index (χ0) is 16.4. The third-order valence-corrected chi connectivity index (χ3v) is 4.91. The number of hydrogen-bond acceptors (Lipinski definition) is 5. The number of benzene rings is 1. The molecule has 0 unspecified atom stereocenters. The summed E-state index contributed by atoms with van der Waals surface area (Å²) >= 11 is 1.31. The van der Waals surface area contributed by atoms with Crippen molar-refractivity contribution in [3.05, 3.63) is 35.3 Å². The molecule has 1 saturated heterocycles. The Morgan fingerprint density at radius 3 is 2.70 bits per heavy atom. The summed E-state index contributed by atoms with van der Waals surface area (Å²) in [4.78, 5) is 29.9. The largest absolute Gasteiger partial charge is 0.497 e. The van der Waals surface area contributed by atoms with Gasteiger partial charge < -0.3 is 14.7 Å². The number of carbonyl (C=O) groups is 2. The number of carboxylic acids is 1. The van der Waals surface area contributed by atoms with Gasteiger partial charge in [0, 0.05) is 18.7 Å². The number of likely N-dealkylation sites (tertiary alicyclic amines) is 1. The quantitative estimate of drug-likeness (QED) is 0.930. The van der Waals surface area contributed by atoms with E-state index in [1.54, 1.807) is 18.2 Å². The van der Waals surface area contributed by atoms with E-state index >= 15 is 0 Å². The lowest BCUT2D eigenvalue weighted by Gasteiger charge is -2.13. The summed E-state index contributed by atoms with van der Waals surface area (Å²) in [5, 5.41) is 9.78. The van der Waals surface area contributed by atoms with Gasteiger partial charge in [-0.25, -0.2) is 4.98 Å². The summed E-state index contributed by atoms with van der Waals surface area (Å²) < 4.78 is 5.12. The number of ether oxygens (including phenoxy) is 1. The molecule has 1 fully saturated rings. The Hall–Kier alpha value is -2.41. The van der Waals surface area contributed by atoms with Crippen molar-refractivity contribution in [1.82, 2.24) is 9.88 Å². The Morgan fingerprint density at radius 1 is 1.35 bits per heavy atom. The van der Waals surface area contributed by atoms with Gasteiger partial charge in [0.1, 0.15) is 15.6 Å². The molecule has 120 valence electrons. The number of aliphatic carboxylic acids is 1. The molecule has 1 aromatic carbocycles. The van der Waals surface area contributed by atoms with Crippen LogP contribution in [-0.2, 0) is 4.79 Å². The standard InChI is InChI=1S/C16H16N2O4S/c1-22-12-4-2-10(3-5-12)14-17-8-13(23-14)15(19)18-7-6-11(9-18)16(20)21/h2-5,8,11H,6-7,9H2,1H3,(H,20,21)/t11-/m0/s1. The van der Waals surface area contributed by atoms with Crippen LogP contribution in [0.2, 0.25) is 0 Å². The molecule has 2 aromatic rings. The molecule has 1 aliphatic rings. The van der Waals surface area contributed by atoms with Crippen LogP contribution in [0.15, 0.2) is 30.5 Å². The number of rotatable bonds is 4. The van der Waals surface area contributed by atoms with Gasteiger partial charge in [0.25, 0.3) is 5.91 Å². The van der Waals surface area contributed by atoms with Crippen LogP contribution in [0.4, 0.5) is 0 Å². The molecule has 0 aliphatic carbocycles.